The van der Waals surface area contributed by atoms with Crippen molar-refractivity contribution in [3.05, 3.63) is 120 Å². The van der Waals surface area contributed by atoms with Gasteiger partial charge in [0.25, 0.3) is 0 Å². The van der Waals surface area contributed by atoms with Gasteiger partial charge < -0.3 is 31.1 Å². The Kier molecular flexibility index (Phi) is 11.5. The zero-order valence-corrected chi connectivity index (χ0v) is 40.8. The monoisotopic (exact) mass is 941 g/mol. The van der Waals surface area contributed by atoms with Gasteiger partial charge in [0.1, 0.15) is 0 Å². The molecule has 4 aliphatic rings. The number of hydrogen-bond acceptors (Lipinski definition) is 14. The molecule has 18 heteroatoms. The summed E-state index contributed by atoms with van der Waals surface area (Å²) in [4.78, 5) is 25.6. The van der Waals surface area contributed by atoms with Gasteiger partial charge in [-0.15, -0.1) is 0 Å². The number of nitrogens with zero attached hydrogens (tertiary/aromatic N) is 14. The van der Waals surface area contributed by atoms with Gasteiger partial charge in [-0.3, -0.25) is 0 Å². The van der Waals surface area contributed by atoms with Crippen LogP contribution in [0.2, 0.25) is 0 Å². The number of fused-ring (bicyclic) bond motifs is 2. The Morgan fingerprint density at radius 1 is 0.671 bits per heavy atom. The molecule has 4 saturated heterocycles. The molecule has 2 spiro atoms. The standard InChI is InChI=1S/C52H64N18/c1-35(2)40-29-58-69-45(40)60-49(65-24-18-51(19-25-65)32-53-33-51)62-47(69)55-28-38-13-6-8-15-44(38)68-23-16-42(64-68)39-26-52(17-9-10-20-56-52)34-66(31-39)50-61-46-41(36(3)4)30-59-70(46)48(63-50)54-27-37-12-5-7-14-43(37)67-22-11-21-57-67/h5-8,11-16,21-23,29-30,35-36,39,53,56H,9-10,17-20,24-28,31-34H2,1-4H3,(H,54,61,63)(H,55,60,62). The molecule has 0 saturated carbocycles. The first-order valence-corrected chi connectivity index (χ1v) is 25.4. The first kappa shape index (κ1) is 44.3. The van der Waals surface area contributed by atoms with Crippen molar-refractivity contribution in [2.24, 2.45) is 5.41 Å². The molecule has 8 aromatic rings. The zero-order chi connectivity index (χ0) is 47.4. The summed E-state index contributed by atoms with van der Waals surface area (Å²) in [5.74, 6) is 3.46. The van der Waals surface area contributed by atoms with E-state index in [2.05, 4.69) is 119 Å². The van der Waals surface area contributed by atoms with Gasteiger partial charge >= 0.3 is 0 Å². The summed E-state index contributed by atoms with van der Waals surface area (Å²) < 4.78 is 7.68. The van der Waals surface area contributed by atoms with Crippen LogP contribution in [-0.2, 0) is 13.1 Å². The summed E-state index contributed by atoms with van der Waals surface area (Å²) in [5, 5.41) is 34.4. The van der Waals surface area contributed by atoms with E-state index in [-0.39, 0.29) is 23.3 Å². The molecule has 6 aromatic heterocycles. The molecule has 0 aliphatic carbocycles. The number of benzene rings is 2. The third-order valence-electron chi connectivity index (χ3n) is 15.4. The van der Waals surface area contributed by atoms with Crippen molar-refractivity contribution in [1.29, 1.82) is 0 Å². The molecule has 0 radical (unpaired) electrons. The number of anilines is 4. The summed E-state index contributed by atoms with van der Waals surface area (Å²) in [6.07, 6.45) is 16.5. The lowest BCUT2D eigenvalue weighted by Gasteiger charge is -2.48. The highest BCUT2D eigenvalue weighted by molar-refractivity contribution is 5.59. The Morgan fingerprint density at radius 3 is 1.87 bits per heavy atom. The Morgan fingerprint density at radius 2 is 1.30 bits per heavy atom. The molecule has 70 heavy (non-hydrogen) atoms. The summed E-state index contributed by atoms with van der Waals surface area (Å²) in [6.45, 7) is 16.5. The van der Waals surface area contributed by atoms with Crippen LogP contribution < -0.4 is 31.1 Å². The number of para-hydroxylation sites is 2. The average Bonchev–Trinajstić information content (AvgIpc) is 4.22. The molecule has 10 heterocycles. The van der Waals surface area contributed by atoms with E-state index in [0.717, 1.165) is 128 Å². The van der Waals surface area contributed by atoms with Crippen molar-refractivity contribution in [3.8, 4) is 11.4 Å². The fraction of sp³-hybridized carbons (Fsp3) is 0.462. The molecule has 0 bridgehead atoms. The fourth-order valence-electron chi connectivity index (χ4n) is 11.3. The fourth-order valence-corrected chi connectivity index (χ4v) is 11.3. The number of nitrogens with one attached hydrogen (secondary N) is 4. The van der Waals surface area contributed by atoms with Crippen LogP contribution in [0.3, 0.4) is 0 Å². The van der Waals surface area contributed by atoms with E-state index in [4.69, 9.17) is 35.2 Å². The van der Waals surface area contributed by atoms with Crippen molar-refractivity contribution < 1.29 is 0 Å². The second-order valence-corrected chi connectivity index (χ2v) is 20.8. The third kappa shape index (κ3) is 8.29. The average molecular weight is 941 g/mol. The maximum absolute atomic E-state index is 5.39. The maximum atomic E-state index is 5.39. The smallest absolute Gasteiger partial charge is 0.230 e. The molecular weight excluding hydrogens is 877 g/mol. The number of aromatic nitrogens is 12. The molecule has 362 valence electrons. The summed E-state index contributed by atoms with van der Waals surface area (Å²) in [7, 11) is 0. The molecule has 4 aliphatic heterocycles. The van der Waals surface area contributed by atoms with E-state index in [1.165, 1.54) is 12.8 Å². The van der Waals surface area contributed by atoms with Crippen molar-refractivity contribution in [2.45, 2.75) is 103 Å². The third-order valence-corrected chi connectivity index (χ3v) is 15.4. The van der Waals surface area contributed by atoms with Crippen LogP contribution in [0.1, 0.15) is 112 Å². The SMILES string of the molecule is CC(C)c1cnn2c(NCc3ccccc3-n3ccc(C4CN(c5nc(NCc6ccccc6-n6cccn6)n6ncc(C(C)C)c6n5)CC5(CCCCN5)C4)n3)nc(N3CCC4(CC3)CNC4)nc12. The summed E-state index contributed by atoms with van der Waals surface area (Å²) in [5.41, 5.74) is 9.51. The first-order valence-electron chi connectivity index (χ1n) is 25.4. The predicted molar refractivity (Wildman–Crippen MR) is 272 cm³/mol. The lowest BCUT2D eigenvalue weighted by Crippen LogP contribution is -2.61. The topological polar surface area (TPSA) is 176 Å². The van der Waals surface area contributed by atoms with Crippen molar-refractivity contribution in [3.63, 3.8) is 0 Å². The van der Waals surface area contributed by atoms with E-state index >= 15 is 0 Å². The molecular formula is C52H64N18. The molecule has 2 unspecified atom stereocenters. The van der Waals surface area contributed by atoms with E-state index in [1.807, 2.05) is 49.1 Å². The largest absolute Gasteiger partial charge is 0.350 e. The van der Waals surface area contributed by atoms with Gasteiger partial charge in [-0.25, -0.2) is 9.36 Å². The van der Waals surface area contributed by atoms with Gasteiger partial charge in [0.15, 0.2) is 11.3 Å². The highest BCUT2D eigenvalue weighted by Gasteiger charge is 2.43. The van der Waals surface area contributed by atoms with Crippen LogP contribution in [0.15, 0.2) is 91.6 Å². The Bertz CT molecular complexity index is 3110. The summed E-state index contributed by atoms with van der Waals surface area (Å²) in [6, 6.07) is 21.0. The maximum Gasteiger partial charge on any atom is 0.230 e. The molecule has 2 atom stereocenters. The lowest BCUT2D eigenvalue weighted by atomic mass is 9.73. The van der Waals surface area contributed by atoms with Crippen LogP contribution in [0.5, 0.6) is 0 Å². The van der Waals surface area contributed by atoms with Gasteiger partial charge in [-0.2, -0.15) is 49.4 Å². The van der Waals surface area contributed by atoms with Crippen molar-refractivity contribution >= 4 is 35.1 Å². The van der Waals surface area contributed by atoms with Gasteiger partial charge in [-0.1, -0.05) is 70.5 Å². The minimum atomic E-state index is -0.104. The first-order chi connectivity index (χ1) is 34.2. The quantitative estimate of drug-likeness (QED) is 0.0921. The molecule has 0 amide bonds. The van der Waals surface area contributed by atoms with Crippen LogP contribution >= 0.6 is 0 Å². The zero-order valence-electron chi connectivity index (χ0n) is 40.8. The van der Waals surface area contributed by atoms with E-state index < -0.39 is 0 Å². The van der Waals surface area contributed by atoms with Gasteiger partial charge in [-0.05, 0) is 91.3 Å². The Hall–Kier alpha value is -6.92. The Balaban J connectivity index is 0.828. The number of piperidine rings is 3. The highest BCUT2D eigenvalue weighted by Crippen LogP contribution is 2.40. The van der Waals surface area contributed by atoms with Crippen LogP contribution in [0.4, 0.5) is 23.8 Å². The minimum absolute atomic E-state index is 0.104. The normalized spacial score (nSPS) is 20.3. The van der Waals surface area contributed by atoms with Crippen molar-refractivity contribution in [2.75, 3.05) is 66.2 Å². The molecule has 2 aromatic carbocycles. The van der Waals surface area contributed by atoms with E-state index in [9.17, 15) is 0 Å². The summed E-state index contributed by atoms with van der Waals surface area (Å²) >= 11 is 0. The highest BCUT2D eigenvalue weighted by atomic mass is 15.4. The van der Waals surface area contributed by atoms with Crippen LogP contribution in [0.25, 0.3) is 22.7 Å². The van der Waals surface area contributed by atoms with E-state index in [0.29, 0.717) is 36.3 Å². The van der Waals surface area contributed by atoms with Gasteiger partial charge in [0.2, 0.25) is 23.8 Å². The number of hydrogen-bond donors (Lipinski definition) is 4. The molecule has 18 nitrogen and oxygen atoms in total. The molecule has 4 fully saturated rings. The second-order valence-electron chi connectivity index (χ2n) is 20.8. The van der Waals surface area contributed by atoms with Crippen LogP contribution in [-0.4, -0.2) is 110 Å². The molecule has 12 rings (SSSR count). The van der Waals surface area contributed by atoms with Gasteiger partial charge in [0, 0.05) is 93.5 Å². The minimum Gasteiger partial charge on any atom is -0.350 e. The predicted octanol–water partition coefficient (Wildman–Crippen LogP) is 7.10. The lowest BCUT2D eigenvalue weighted by molar-refractivity contribution is 0.126. The second kappa shape index (κ2) is 18.1. The van der Waals surface area contributed by atoms with Crippen molar-refractivity contribution in [1.82, 2.24) is 69.4 Å². The van der Waals surface area contributed by atoms with Crippen LogP contribution in [0, 0.1) is 5.41 Å². The molecule has 4 N–H and O–H groups in total. The van der Waals surface area contributed by atoms with Gasteiger partial charge in [0.05, 0.1) is 29.5 Å². The Labute approximate surface area is 408 Å². The van der Waals surface area contributed by atoms with E-state index in [1.54, 1.807) is 6.20 Å². The number of rotatable bonds is 13.